The molecule has 0 heterocycles. The van der Waals surface area contributed by atoms with Gasteiger partial charge in [0, 0.05) is 6.08 Å². The van der Waals surface area contributed by atoms with E-state index in [9.17, 15) is 4.79 Å². The molecular weight excluding hydrogens is 188 g/mol. The van der Waals surface area contributed by atoms with Crippen molar-refractivity contribution in [1.29, 1.82) is 0 Å². The molecule has 1 rings (SSSR count). The van der Waals surface area contributed by atoms with Gasteiger partial charge in [0.1, 0.15) is 6.10 Å². The van der Waals surface area contributed by atoms with E-state index in [0.29, 0.717) is 0 Å². The summed E-state index contributed by atoms with van der Waals surface area (Å²) in [6, 6.07) is 7.90. The average Bonchev–Trinajstić information content (AvgIpc) is 2.18. The van der Waals surface area contributed by atoms with Crippen molar-refractivity contribution >= 4 is 5.97 Å². The summed E-state index contributed by atoms with van der Waals surface area (Å²) in [5.74, 6) is -0.298. The van der Waals surface area contributed by atoms with E-state index in [1.54, 1.807) is 13.0 Å². The number of hydrogen-bond donors (Lipinski definition) is 0. The minimum atomic E-state index is -0.298. The zero-order chi connectivity index (χ0) is 11.3. The van der Waals surface area contributed by atoms with Crippen molar-refractivity contribution in [3.05, 3.63) is 47.5 Å². The van der Waals surface area contributed by atoms with Gasteiger partial charge in [-0.15, -0.1) is 0 Å². The fourth-order valence-electron chi connectivity index (χ4n) is 1.46. The average molecular weight is 204 g/mol. The SMILES string of the molecule is CC=CC(=O)OC(C)c1ccccc1C. The van der Waals surface area contributed by atoms with Crippen molar-refractivity contribution in [3.8, 4) is 0 Å². The molecule has 15 heavy (non-hydrogen) atoms. The fraction of sp³-hybridized carbons (Fsp3) is 0.308. The van der Waals surface area contributed by atoms with E-state index >= 15 is 0 Å². The minimum Gasteiger partial charge on any atom is -0.455 e. The van der Waals surface area contributed by atoms with Gasteiger partial charge in [-0.25, -0.2) is 4.79 Å². The van der Waals surface area contributed by atoms with Gasteiger partial charge in [0.15, 0.2) is 0 Å². The van der Waals surface area contributed by atoms with Crippen molar-refractivity contribution in [2.24, 2.45) is 0 Å². The van der Waals surface area contributed by atoms with Crippen LogP contribution in [0.15, 0.2) is 36.4 Å². The second-order valence-electron chi connectivity index (χ2n) is 3.44. The second kappa shape index (κ2) is 5.35. The molecule has 1 aromatic rings. The third-order valence-corrected chi connectivity index (χ3v) is 2.22. The minimum absolute atomic E-state index is 0.199. The third kappa shape index (κ3) is 3.24. The quantitative estimate of drug-likeness (QED) is 0.558. The summed E-state index contributed by atoms with van der Waals surface area (Å²) in [6.07, 6.45) is 2.90. The van der Waals surface area contributed by atoms with Crippen molar-refractivity contribution < 1.29 is 9.53 Å². The number of allylic oxidation sites excluding steroid dienone is 1. The van der Waals surface area contributed by atoms with Crippen molar-refractivity contribution in [2.75, 3.05) is 0 Å². The molecule has 80 valence electrons. The Morgan fingerprint density at radius 3 is 2.67 bits per heavy atom. The summed E-state index contributed by atoms with van der Waals surface area (Å²) in [5, 5.41) is 0. The zero-order valence-electron chi connectivity index (χ0n) is 9.36. The van der Waals surface area contributed by atoms with E-state index in [4.69, 9.17) is 4.74 Å². The Labute approximate surface area is 90.6 Å². The summed E-state index contributed by atoms with van der Waals surface area (Å²) < 4.78 is 5.23. The molecule has 2 nitrogen and oxygen atoms in total. The van der Waals surface area contributed by atoms with Crippen molar-refractivity contribution in [1.82, 2.24) is 0 Å². The molecule has 0 saturated carbocycles. The molecule has 0 aliphatic rings. The Bertz CT molecular complexity index is 367. The summed E-state index contributed by atoms with van der Waals surface area (Å²) >= 11 is 0. The maximum absolute atomic E-state index is 11.2. The summed E-state index contributed by atoms with van der Waals surface area (Å²) in [4.78, 5) is 11.2. The van der Waals surface area contributed by atoms with E-state index in [1.165, 1.54) is 6.08 Å². The molecule has 1 aromatic carbocycles. The van der Waals surface area contributed by atoms with Crippen LogP contribution in [0.25, 0.3) is 0 Å². The Morgan fingerprint density at radius 1 is 1.40 bits per heavy atom. The first-order chi connectivity index (χ1) is 7.15. The van der Waals surface area contributed by atoms with Gasteiger partial charge in [-0.1, -0.05) is 30.3 Å². The van der Waals surface area contributed by atoms with Gasteiger partial charge < -0.3 is 4.74 Å². The maximum atomic E-state index is 11.2. The van der Waals surface area contributed by atoms with E-state index in [0.717, 1.165) is 11.1 Å². The Kier molecular flexibility index (Phi) is 4.10. The zero-order valence-corrected chi connectivity index (χ0v) is 9.36. The number of aryl methyl sites for hydroxylation is 1. The smallest absolute Gasteiger partial charge is 0.331 e. The topological polar surface area (TPSA) is 26.3 Å². The number of carbonyl (C=O) groups excluding carboxylic acids is 1. The first-order valence-corrected chi connectivity index (χ1v) is 5.04. The molecule has 1 unspecified atom stereocenters. The van der Waals surface area contributed by atoms with Crippen LogP contribution < -0.4 is 0 Å². The van der Waals surface area contributed by atoms with E-state index in [1.807, 2.05) is 38.1 Å². The van der Waals surface area contributed by atoms with Crippen LogP contribution >= 0.6 is 0 Å². The summed E-state index contributed by atoms with van der Waals surface area (Å²) in [6.45, 7) is 5.68. The number of rotatable bonds is 3. The highest BCUT2D eigenvalue weighted by Gasteiger charge is 2.10. The van der Waals surface area contributed by atoms with Crippen LogP contribution in [0.2, 0.25) is 0 Å². The molecule has 0 aliphatic carbocycles. The van der Waals surface area contributed by atoms with Crippen molar-refractivity contribution in [3.63, 3.8) is 0 Å². The lowest BCUT2D eigenvalue weighted by Gasteiger charge is -2.14. The van der Waals surface area contributed by atoms with Gasteiger partial charge in [0.05, 0.1) is 0 Å². The first-order valence-electron chi connectivity index (χ1n) is 5.04. The number of benzene rings is 1. The van der Waals surface area contributed by atoms with Gasteiger partial charge in [0.25, 0.3) is 0 Å². The predicted molar refractivity (Wildman–Crippen MR) is 60.5 cm³/mol. The first kappa shape index (κ1) is 11.5. The van der Waals surface area contributed by atoms with Crippen LogP contribution in [0.5, 0.6) is 0 Å². The normalized spacial score (nSPS) is 12.7. The number of hydrogen-bond acceptors (Lipinski definition) is 2. The van der Waals surface area contributed by atoms with Crippen LogP contribution in [0.1, 0.15) is 31.1 Å². The van der Waals surface area contributed by atoms with Gasteiger partial charge in [0.2, 0.25) is 0 Å². The van der Waals surface area contributed by atoms with Crippen LogP contribution in [0, 0.1) is 6.92 Å². The van der Waals surface area contributed by atoms with E-state index < -0.39 is 0 Å². The Morgan fingerprint density at radius 2 is 2.07 bits per heavy atom. The van der Waals surface area contributed by atoms with Crippen LogP contribution in [-0.4, -0.2) is 5.97 Å². The molecule has 0 N–H and O–H groups in total. The molecule has 2 heteroatoms. The maximum Gasteiger partial charge on any atom is 0.331 e. The highest BCUT2D eigenvalue weighted by Crippen LogP contribution is 2.20. The molecule has 0 aliphatic heterocycles. The largest absolute Gasteiger partial charge is 0.455 e. The summed E-state index contributed by atoms with van der Waals surface area (Å²) in [5.41, 5.74) is 2.19. The molecule has 0 amide bonds. The second-order valence-corrected chi connectivity index (χ2v) is 3.44. The molecule has 0 radical (unpaired) electrons. The molecule has 0 spiro atoms. The Hall–Kier alpha value is -1.57. The number of carbonyl (C=O) groups is 1. The summed E-state index contributed by atoms with van der Waals surface area (Å²) in [7, 11) is 0. The van der Waals surface area contributed by atoms with E-state index in [-0.39, 0.29) is 12.1 Å². The molecular formula is C13H16O2. The fourth-order valence-corrected chi connectivity index (χ4v) is 1.46. The van der Waals surface area contributed by atoms with Gasteiger partial charge >= 0.3 is 5.97 Å². The van der Waals surface area contributed by atoms with Crippen LogP contribution in [0.4, 0.5) is 0 Å². The predicted octanol–water partition coefficient (Wildman–Crippen LogP) is 3.18. The van der Waals surface area contributed by atoms with Crippen LogP contribution in [0.3, 0.4) is 0 Å². The molecule has 0 aromatic heterocycles. The lowest BCUT2D eigenvalue weighted by molar-refractivity contribution is -0.142. The van der Waals surface area contributed by atoms with Gasteiger partial charge in [-0.3, -0.25) is 0 Å². The lowest BCUT2D eigenvalue weighted by atomic mass is 10.0. The standard InChI is InChI=1S/C13H16O2/c1-4-7-13(14)15-11(3)12-9-6-5-8-10(12)2/h4-9,11H,1-3H3. The Balaban J connectivity index is 2.73. The van der Waals surface area contributed by atoms with Crippen molar-refractivity contribution in [2.45, 2.75) is 26.9 Å². The lowest BCUT2D eigenvalue weighted by Crippen LogP contribution is -2.07. The third-order valence-electron chi connectivity index (χ3n) is 2.22. The van der Waals surface area contributed by atoms with Gasteiger partial charge in [-0.2, -0.15) is 0 Å². The monoisotopic (exact) mass is 204 g/mol. The number of esters is 1. The molecule has 0 bridgehead atoms. The molecule has 0 fully saturated rings. The van der Waals surface area contributed by atoms with Gasteiger partial charge in [-0.05, 0) is 31.9 Å². The number of ether oxygens (including phenoxy) is 1. The highest BCUT2D eigenvalue weighted by molar-refractivity contribution is 5.82. The highest BCUT2D eigenvalue weighted by atomic mass is 16.5. The van der Waals surface area contributed by atoms with E-state index in [2.05, 4.69) is 0 Å². The molecule has 0 saturated heterocycles. The van der Waals surface area contributed by atoms with Crippen LogP contribution in [-0.2, 0) is 9.53 Å². The molecule has 1 atom stereocenters.